The van der Waals surface area contributed by atoms with Gasteiger partial charge in [-0.3, -0.25) is 9.59 Å². The molecule has 4 aromatic rings. The minimum absolute atomic E-state index is 0.164. The summed E-state index contributed by atoms with van der Waals surface area (Å²) in [7, 11) is 1.28. The maximum atomic E-state index is 12.9. The summed E-state index contributed by atoms with van der Waals surface area (Å²) in [5, 5.41) is 1.77. The van der Waals surface area contributed by atoms with Crippen molar-refractivity contribution in [2.24, 2.45) is 4.99 Å². The van der Waals surface area contributed by atoms with Crippen LogP contribution in [0.25, 0.3) is 20.3 Å². The van der Waals surface area contributed by atoms with Crippen LogP contribution in [-0.4, -0.2) is 23.6 Å². The van der Waals surface area contributed by atoms with Crippen LogP contribution in [0.5, 0.6) is 0 Å². The van der Waals surface area contributed by atoms with Crippen LogP contribution in [0.3, 0.4) is 0 Å². The molecule has 2 heterocycles. The van der Waals surface area contributed by atoms with Gasteiger partial charge in [-0.2, -0.15) is 4.99 Å². The van der Waals surface area contributed by atoms with Gasteiger partial charge in [-0.05, 0) is 18.2 Å². The predicted molar refractivity (Wildman–Crippen MR) is 119 cm³/mol. The average molecular weight is 486 g/mol. The van der Waals surface area contributed by atoms with Gasteiger partial charge in [0.1, 0.15) is 11.4 Å². The third kappa shape index (κ3) is 3.69. The Morgan fingerprint density at radius 2 is 1.79 bits per heavy atom. The minimum Gasteiger partial charge on any atom is -0.468 e. The summed E-state index contributed by atoms with van der Waals surface area (Å²) in [6.07, 6.45) is 0. The van der Waals surface area contributed by atoms with Gasteiger partial charge < -0.3 is 9.30 Å². The zero-order chi connectivity index (χ0) is 20.7. The fourth-order valence-corrected chi connectivity index (χ4v) is 5.73. The van der Waals surface area contributed by atoms with Gasteiger partial charge in [0, 0.05) is 10.1 Å². The molecule has 5 nitrogen and oxygen atoms in total. The maximum Gasteiger partial charge on any atom is 0.325 e. The number of nitrogens with zero attached hydrogens (tertiary/aromatic N) is 2. The van der Waals surface area contributed by atoms with Crippen molar-refractivity contribution in [3.05, 3.63) is 61.1 Å². The van der Waals surface area contributed by atoms with Gasteiger partial charge in [0.05, 0.1) is 32.4 Å². The Kier molecular flexibility index (Phi) is 5.68. The highest BCUT2D eigenvalue weighted by molar-refractivity contribution is 7.21. The first kappa shape index (κ1) is 20.4. The number of rotatable bonds is 3. The Morgan fingerprint density at radius 3 is 2.52 bits per heavy atom. The topological polar surface area (TPSA) is 60.7 Å². The molecule has 0 saturated carbocycles. The standard InChI is InChI=1S/C19H11Cl3N2O3S2/c1-27-13(25)8-24-16-12(7-6-10(20)15(16)22)29-19(24)23-18(26)17-14(21)9-4-2-3-5-11(9)28-17/h2-7H,8H2,1H3. The molecule has 0 N–H and O–H groups in total. The zero-order valence-electron chi connectivity index (χ0n) is 14.7. The van der Waals surface area contributed by atoms with Crippen LogP contribution in [0.15, 0.2) is 41.4 Å². The Hall–Kier alpha value is -1.90. The lowest BCUT2D eigenvalue weighted by atomic mass is 10.2. The highest BCUT2D eigenvalue weighted by Gasteiger charge is 2.19. The molecular formula is C19H11Cl3N2O3S2. The van der Waals surface area contributed by atoms with E-state index in [1.165, 1.54) is 34.4 Å². The Balaban J connectivity index is 1.91. The van der Waals surface area contributed by atoms with Crippen molar-refractivity contribution >= 4 is 89.7 Å². The molecule has 29 heavy (non-hydrogen) atoms. The number of hydrogen-bond acceptors (Lipinski definition) is 5. The van der Waals surface area contributed by atoms with Crippen molar-refractivity contribution in [3.8, 4) is 0 Å². The minimum atomic E-state index is -0.505. The molecule has 2 aromatic heterocycles. The molecular weight excluding hydrogens is 475 g/mol. The molecule has 148 valence electrons. The van der Waals surface area contributed by atoms with Gasteiger partial charge in [0.25, 0.3) is 5.91 Å². The lowest BCUT2D eigenvalue weighted by Crippen LogP contribution is -2.22. The molecule has 1 amide bonds. The van der Waals surface area contributed by atoms with E-state index in [4.69, 9.17) is 39.5 Å². The lowest BCUT2D eigenvalue weighted by molar-refractivity contribution is -0.141. The molecule has 0 aliphatic carbocycles. The van der Waals surface area contributed by atoms with E-state index in [2.05, 4.69) is 4.99 Å². The number of ether oxygens (including phenoxy) is 1. The van der Waals surface area contributed by atoms with Crippen molar-refractivity contribution in [1.82, 2.24) is 4.57 Å². The Labute approximate surface area is 187 Å². The third-order valence-electron chi connectivity index (χ3n) is 4.18. The molecule has 0 fully saturated rings. The second-order valence-corrected chi connectivity index (χ2v) is 9.14. The number of esters is 1. The van der Waals surface area contributed by atoms with Gasteiger partial charge in [0.15, 0.2) is 4.80 Å². The first-order chi connectivity index (χ1) is 13.9. The molecule has 4 rings (SSSR count). The van der Waals surface area contributed by atoms with Crippen LogP contribution in [0.2, 0.25) is 15.1 Å². The smallest absolute Gasteiger partial charge is 0.325 e. The zero-order valence-corrected chi connectivity index (χ0v) is 18.6. The lowest BCUT2D eigenvalue weighted by Gasteiger charge is -2.05. The number of carbonyl (C=O) groups excluding carboxylic acids is 2. The summed E-state index contributed by atoms with van der Waals surface area (Å²) in [6.45, 7) is -0.164. The highest BCUT2D eigenvalue weighted by atomic mass is 35.5. The number of hydrogen-bond donors (Lipinski definition) is 0. The SMILES string of the molecule is COC(=O)Cn1c(=NC(=O)c2sc3ccccc3c2Cl)sc2ccc(Cl)c(Cl)c21. The van der Waals surface area contributed by atoms with Gasteiger partial charge in [-0.1, -0.05) is 64.3 Å². The second kappa shape index (κ2) is 8.08. The molecule has 0 radical (unpaired) electrons. The molecule has 0 aliphatic heterocycles. The first-order valence-corrected chi connectivity index (χ1v) is 11.0. The number of carbonyl (C=O) groups is 2. The van der Waals surface area contributed by atoms with Crippen molar-refractivity contribution in [1.29, 1.82) is 0 Å². The molecule has 10 heteroatoms. The maximum absolute atomic E-state index is 12.9. The molecule has 0 saturated heterocycles. The third-order valence-corrected chi connectivity index (χ3v) is 7.68. The van der Waals surface area contributed by atoms with Gasteiger partial charge in [-0.25, -0.2) is 0 Å². The van der Waals surface area contributed by atoms with E-state index in [-0.39, 0.29) is 11.6 Å². The number of methoxy groups -OCH3 is 1. The van der Waals surface area contributed by atoms with Crippen LogP contribution < -0.4 is 4.80 Å². The van der Waals surface area contributed by atoms with E-state index >= 15 is 0 Å². The van der Waals surface area contributed by atoms with Crippen molar-refractivity contribution < 1.29 is 14.3 Å². The number of fused-ring (bicyclic) bond motifs is 2. The molecule has 0 unspecified atom stereocenters. The van der Waals surface area contributed by atoms with E-state index in [9.17, 15) is 9.59 Å². The summed E-state index contributed by atoms with van der Waals surface area (Å²) in [4.78, 5) is 29.7. The van der Waals surface area contributed by atoms with Crippen LogP contribution in [0, 0.1) is 0 Å². The largest absolute Gasteiger partial charge is 0.468 e. The second-order valence-electron chi connectivity index (χ2n) is 5.91. The molecule has 0 bridgehead atoms. The Morgan fingerprint density at radius 1 is 1.03 bits per heavy atom. The number of benzene rings is 2. The normalized spacial score (nSPS) is 12.1. The molecule has 0 aliphatic rings. The Bertz CT molecular complexity index is 1350. The monoisotopic (exact) mass is 484 g/mol. The summed E-state index contributed by atoms with van der Waals surface area (Å²) in [5.74, 6) is -1.00. The van der Waals surface area contributed by atoms with Crippen LogP contribution in [0.4, 0.5) is 0 Å². The summed E-state index contributed by atoms with van der Waals surface area (Å²) in [6, 6.07) is 10.9. The van der Waals surface area contributed by atoms with Crippen LogP contribution in [-0.2, 0) is 16.1 Å². The summed E-state index contributed by atoms with van der Waals surface area (Å²) in [5.41, 5.74) is 0.517. The first-order valence-electron chi connectivity index (χ1n) is 8.21. The fraction of sp³-hybridized carbons (Fsp3) is 0.105. The van der Waals surface area contributed by atoms with E-state index < -0.39 is 11.9 Å². The number of amides is 1. The van der Waals surface area contributed by atoms with E-state index in [0.29, 0.717) is 25.2 Å². The van der Waals surface area contributed by atoms with Crippen molar-refractivity contribution in [3.63, 3.8) is 0 Å². The number of thiazole rings is 1. The molecule has 2 aromatic carbocycles. The number of thiophene rings is 1. The number of aromatic nitrogens is 1. The van der Waals surface area contributed by atoms with Gasteiger partial charge in [-0.15, -0.1) is 11.3 Å². The van der Waals surface area contributed by atoms with E-state index in [1.54, 1.807) is 12.1 Å². The van der Waals surface area contributed by atoms with Crippen LogP contribution >= 0.6 is 57.5 Å². The van der Waals surface area contributed by atoms with Gasteiger partial charge >= 0.3 is 5.97 Å². The van der Waals surface area contributed by atoms with Crippen molar-refractivity contribution in [2.75, 3.05) is 7.11 Å². The van der Waals surface area contributed by atoms with E-state index in [1.807, 2.05) is 24.3 Å². The van der Waals surface area contributed by atoms with Gasteiger partial charge in [0.2, 0.25) is 0 Å². The fourth-order valence-electron chi connectivity index (χ4n) is 2.82. The molecule has 0 spiro atoms. The molecule has 0 atom stereocenters. The van der Waals surface area contributed by atoms with Crippen LogP contribution in [0.1, 0.15) is 9.67 Å². The number of halogens is 3. The average Bonchev–Trinajstić information content (AvgIpc) is 3.23. The van der Waals surface area contributed by atoms with E-state index in [0.717, 1.165) is 14.8 Å². The van der Waals surface area contributed by atoms with Crippen molar-refractivity contribution in [2.45, 2.75) is 6.54 Å². The quantitative estimate of drug-likeness (QED) is 0.345. The summed E-state index contributed by atoms with van der Waals surface area (Å²) >= 11 is 21.4. The predicted octanol–water partition coefficient (Wildman–Crippen LogP) is 5.79. The highest BCUT2D eigenvalue weighted by Crippen LogP contribution is 2.36. The summed E-state index contributed by atoms with van der Waals surface area (Å²) < 4.78 is 7.92.